The first-order chi connectivity index (χ1) is 7.93. The molecule has 0 unspecified atom stereocenters. The lowest BCUT2D eigenvalue weighted by atomic mass is 10.3. The van der Waals surface area contributed by atoms with Crippen LogP contribution in [0, 0.1) is 10.1 Å². The van der Waals surface area contributed by atoms with Gasteiger partial charge < -0.3 is 15.2 Å². The summed E-state index contributed by atoms with van der Waals surface area (Å²) in [4.78, 5) is 36.0. The molecular weight excluding hydrogens is 232 g/mol. The fourth-order valence-corrected chi connectivity index (χ4v) is 1.45. The Morgan fingerprint density at radius 3 is 2.76 bits per heavy atom. The van der Waals surface area contributed by atoms with E-state index >= 15 is 0 Å². The number of aromatic carboxylic acids is 1. The van der Waals surface area contributed by atoms with E-state index in [0.717, 1.165) is 21.4 Å². The standard InChI is InChI=1S/C8H6N4O5/c1-10-6(13)4(7(14)15)3-11-5(12(16)17)2-9-8(10)11/h2-3H,1H3,(H,14,15). The fraction of sp³-hybridized carbons (Fsp3) is 0.125. The first-order valence-corrected chi connectivity index (χ1v) is 4.38. The van der Waals surface area contributed by atoms with Gasteiger partial charge in [-0.2, -0.15) is 9.38 Å². The number of carboxylic acids is 1. The van der Waals surface area contributed by atoms with Crippen LogP contribution >= 0.6 is 0 Å². The van der Waals surface area contributed by atoms with E-state index in [1.807, 2.05) is 0 Å². The smallest absolute Gasteiger partial charge is 0.349 e. The topological polar surface area (TPSA) is 120 Å². The van der Waals surface area contributed by atoms with E-state index in [2.05, 4.69) is 4.98 Å². The maximum absolute atomic E-state index is 11.6. The van der Waals surface area contributed by atoms with Crippen molar-refractivity contribution in [2.45, 2.75) is 0 Å². The van der Waals surface area contributed by atoms with E-state index in [9.17, 15) is 19.7 Å². The summed E-state index contributed by atoms with van der Waals surface area (Å²) in [5.41, 5.74) is -1.33. The van der Waals surface area contributed by atoms with Gasteiger partial charge in [-0.25, -0.2) is 4.79 Å². The molecule has 17 heavy (non-hydrogen) atoms. The third-order valence-corrected chi connectivity index (χ3v) is 2.27. The van der Waals surface area contributed by atoms with Gasteiger partial charge in [0.1, 0.15) is 12.4 Å². The highest BCUT2D eigenvalue weighted by Crippen LogP contribution is 2.13. The summed E-state index contributed by atoms with van der Waals surface area (Å²) in [6, 6.07) is 0. The molecule has 0 aliphatic rings. The second kappa shape index (κ2) is 3.40. The van der Waals surface area contributed by atoms with E-state index in [-0.39, 0.29) is 5.78 Å². The second-order valence-corrected chi connectivity index (χ2v) is 3.26. The molecule has 0 amide bonds. The van der Waals surface area contributed by atoms with Crippen molar-refractivity contribution in [3.63, 3.8) is 0 Å². The summed E-state index contributed by atoms with van der Waals surface area (Å²) in [5.74, 6) is -1.85. The van der Waals surface area contributed by atoms with E-state index in [0.29, 0.717) is 0 Å². The van der Waals surface area contributed by atoms with E-state index in [1.54, 1.807) is 0 Å². The molecule has 2 rings (SSSR count). The number of aryl methyl sites for hydroxylation is 1. The maximum atomic E-state index is 11.6. The normalized spacial score (nSPS) is 10.6. The predicted octanol–water partition coefficient (Wildman–Crippen LogP) is -0.361. The Morgan fingerprint density at radius 2 is 2.24 bits per heavy atom. The van der Waals surface area contributed by atoms with Gasteiger partial charge in [-0.3, -0.25) is 9.36 Å². The van der Waals surface area contributed by atoms with Crippen LogP contribution in [0.1, 0.15) is 10.4 Å². The Bertz CT molecular complexity index is 698. The molecule has 0 saturated heterocycles. The number of hydrogen-bond acceptors (Lipinski definition) is 5. The van der Waals surface area contributed by atoms with Gasteiger partial charge in [0, 0.05) is 7.05 Å². The molecule has 0 bridgehead atoms. The summed E-state index contributed by atoms with van der Waals surface area (Å²) in [6.07, 6.45) is 1.85. The van der Waals surface area contributed by atoms with Gasteiger partial charge in [-0.05, 0) is 4.92 Å². The molecule has 9 nitrogen and oxygen atoms in total. The van der Waals surface area contributed by atoms with Crippen LogP contribution in [0.4, 0.5) is 5.82 Å². The van der Waals surface area contributed by atoms with Gasteiger partial charge in [0.15, 0.2) is 5.56 Å². The Morgan fingerprint density at radius 1 is 1.59 bits per heavy atom. The molecule has 0 aromatic carbocycles. The molecule has 0 spiro atoms. The minimum atomic E-state index is -1.45. The highest BCUT2D eigenvalue weighted by atomic mass is 16.6. The van der Waals surface area contributed by atoms with E-state index in [1.165, 1.54) is 7.05 Å². The number of fused-ring (bicyclic) bond motifs is 1. The zero-order chi connectivity index (χ0) is 12.7. The molecule has 0 saturated carbocycles. The Balaban J connectivity index is 2.95. The summed E-state index contributed by atoms with van der Waals surface area (Å²) in [6.45, 7) is 0. The first-order valence-electron chi connectivity index (χ1n) is 4.38. The van der Waals surface area contributed by atoms with Crippen LogP contribution in [0.5, 0.6) is 0 Å². The lowest BCUT2D eigenvalue weighted by Gasteiger charge is -1.99. The molecule has 9 heteroatoms. The lowest BCUT2D eigenvalue weighted by molar-refractivity contribution is -0.390. The Kier molecular flexibility index (Phi) is 2.16. The van der Waals surface area contributed by atoms with Crippen molar-refractivity contribution in [1.29, 1.82) is 0 Å². The Labute approximate surface area is 92.7 Å². The number of nitrogens with zero attached hydrogens (tertiary/aromatic N) is 4. The SMILES string of the molecule is Cn1c(=O)c(C(=O)O)cn2c([N+](=O)[O-])cnc12. The van der Waals surface area contributed by atoms with Gasteiger partial charge in [-0.15, -0.1) is 0 Å². The van der Waals surface area contributed by atoms with Crippen molar-refractivity contribution in [3.05, 3.63) is 38.4 Å². The van der Waals surface area contributed by atoms with Gasteiger partial charge in [0.05, 0.1) is 0 Å². The second-order valence-electron chi connectivity index (χ2n) is 3.26. The number of carboxylic acid groups (broad SMARTS) is 1. The third kappa shape index (κ3) is 1.44. The molecule has 0 aliphatic heterocycles. The van der Waals surface area contributed by atoms with Gasteiger partial charge in [0.2, 0.25) is 0 Å². The number of nitro groups is 1. The number of imidazole rings is 1. The lowest BCUT2D eigenvalue weighted by Crippen LogP contribution is -2.26. The maximum Gasteiger partial charge on any atom is 0.349 e. The van der Waals surface area contributed by atoms with E-state index in [4.69, 9.17) is 5.11 Å². The van der Waals surface area contributed by atoms with Crippen LogP contribution in [-0.4, -0.2) is 30.0 Å². The third-order valence-electron chi connectivity index (χ3n) is 2.27. The van der Waals surface area contributed by atoms with Crippen LogP contribution in [0.3, 0.4) is 0 Å². The van der Waals surface area contributed by atoms with Gasteiger partial charge >= 0.3 is 17.6 Å². The molecule has 0 fully saturated rings. The van der Waals surface area contributed by atoms with Gasteiger partial charge in [0.25, 0.3) is 5.56 Å². The van der Waals surface area contributed by atoms with Crippen LogP contribution in [0.25, 0.3) is 5.78 Å². The number of carbonyl (C=O) groups is 1. The highest BCUT2D eigenvalue weighted by molar-refractivity contribution is 5.87. The van der Waals surface area contributed by atoms with Crippen LogP contribution in [0.2, 0.25) is 0 Å². The highest BCUT2D eigenvalue weighted by Gasteiger charge is 2.22. The minimum Gasteiger partial charge on any atom is -0.477 e. The van der Waals surface area contributed by atoms with Crippen molar-refractivity contribution in [2.75, 3.05) is 0 Å². The molecular formula is C8H6N4O5. The van der Waals surface area contributed by atoms with Crippen molar-refractivity contribution in [1.82, 2.24) is 14.0 Å². The zero-order valence-corrected chi connectivity index (χ0v) is 8.52. The summed E-state index contributed by atoms with van der Waals surface area (Å²) < 4.78 is 1.89. The number of hydrogen-bond donors (Lipinski definition) is 1. The van der Waals surface area contributed by atoms with Crippen molar-refractivity contribution >= 4 is 17.6 Å². The predicted molar refractivity (Wildman–Crippen MR) is 54.0 cm³/mol. The molecule has 2 aromatic heterocycles. The molecule has 2 heterocycles. The fourth-order valence-electron chi connectivity index (χ4n) is 1.45. The van der Waals surface area contributed by atoms with Crippen LogP contribution < -0.4 is 5.56 Å². The minimum absolute atomic E-state index is 0.00620. The average molecular weight is 238 g/mol. The largest absolute Gasteiger partial charge is 0.477 e. The first kappa shape index (κ1) is 10.8. The summed E-state index contributed by atoms with van der Waals surface area (Å²) >= 11 is 0. The molecule has 0 radical (unpaired) electrons. The van der Waals surface area contributed by atoms with Gasteiger partial charge in [-0.1, -0.05) is 0 Å². The molecule has 1 N–H and O–H groups in total. The van der Waals surface area contributed by atoms with Crippen LogP contribution in [-0.2, 0) is 7.05 Å². The summed E-state index contributed by atoms with van der Waals surface area (Å²) in [5, 5.41) is 19.5. The molecule has 0 aliphatic carbocycles. The van der Waals surface area contributed by atoms with Crippen molar-refractivity contribution in [3.8, 4) is 0 Å². The number of aromatic nitrogens is 3. The molecule has 0 atom stereocenters. The average Bonchev–Trinajstić information content (AvgIpc) is 2.66. The number of rotatable bonds is 2. The van der Waals surface area contributed by atoms with Crippen molar-refractivity contribution in [2.24, 2.45) is 7.05 Å². The van der Waals surface area contributed by atoms with Crippen molar-refractivity contribution < 1.29 is 14.8 Å². The molecule has 2 aromatic rings. The quantitative estimate of drug-likeness (QED) is 0.563. The monoisotopic (exact) mass is 238 g/mol. The summed E-state index contributed by atoms with van der Waals surface area (Å²) in [7, 11) is 1.29. The molecule has 88 valence electrons. The Hall–Kier alpha value is -2.71. The zero-order valence-electron chi connectivity index (χ0n) is 8.52. The van der Waals surface area contributed by atoms with Crippen LogP contribution in [0.15, 0.2) is 17.2 Å². The van der Waals surface area contributed by atoms with E-state index < -0.39 is 27.8 Å².